The second kappa shape index (κ2) is 4.13. The van der Waals surface area contributed by atoms with Gasteiger partial charge >= 0.3 is 0 Å². The number of rotatable bonds is 0. The van der Waals surface area contributed by atoms with E-state index in [1.54, 1.807) is 6.33 Å². The molecule has 2 heteroatoms. The smallest absolute Gasteiger partial charge is 0.0945 e. The summed E-state index contributed by atoms with van der Waals surface area (Å²) in [5.74, 6) is 0. The maximum atomic E-state index is 3.88. The van der Waals surface area contributed by atoms with Crippen LogP contribution >= 0.6 is 0 Å². The minimum atomic E-state index is 1.19. The first-order chi connectivity index (χ1) is 4.30. The van der Waals surface area contributed by atoms with E-state index in [1.165, 1.54) is 5.69 Å². The molecule has 0 aromatic carbocycles. The molecule has 1 aromatic heterocycles. The lowest BCUT2D eigenvalue weighted by Gasteiger charge is -1.87. The van der Waals surface area contributed by atoms with E-state index >= 15 is 0 Å². The van der Waals surface area contributed by atoms with Gasteiger partial charge in [0.05, 0.1) is 6.33 Å². The molecule has 0 saturated heterocycles. The summed E-state index contributed by atoms with van der Waals surface area (Å²) >= 11 is 0. The van der Waals surface area contributed by atoms with Crippen LogP contribution in [0.2, 0.25) is 0 Å². The molecule has 0 amide bonds. The summed E-state index contributed by atoms with van der Waals surface area (Å²) in [5, 5.41) is 0. The fourth-order valence-corrected chi connectivity index (χ4v) is 0.423. The maximum absolute atomic E-state index is 3.88. The van der Waals surface area contributed by atoms with Crippen LogP contribution in [0.4, 0.5) is 0 Å². The second-order valence-corrected chi connectivity index (χ2v) is 1.65. The molecule has 1 heterocycles. The van der Waals surface area contributed by atoms with E-state index in [4.69, 9.17) is 0 Å². The Morgan fingerprint density at radius 2 is 2.00 bits per heavy atom. The predicted octanol–water partition coefficient (Wildman–Crippen LogP) is 1.75. The van der Waals surface area contributed by atoms with Crippen molar-refractivity contribution in [2.45, 2.75) is 20.8 Å². The van der Waals surface area contributed by atoms with Gasteiger partial charge in [0.2, 0.25) is 0 Å². The number of imidazole rings is 1. The van der Waals surface area contributed by atoms with Crippen molar-refractivity contribution in [3.63, 3.8) is 0 Å². The fourth-order valence-electron chi connectivity index (χ4n) is 0.423. The van der Waals surface area contributed by atoms with Gasteiger partial charge in [-0.3, -0.25) is 0 Å². The van der Waals surface area contributed by atoms with E-state index in [1.807, 2.05) is 38.6 Å². The Bertz CT molecular complexity index is 139. The van der Waals surface area contributed by atoms with E-state index in [9.17, 15) is 0 Å². The van der Waals surface area contributed by atoms with Crippen LogP contribution in [0.3, 0.4) is 0 Å². The molecule has 0 aliphatic heterocycles. The topological polar surface area (TPSA) is 17.8 Å². The molecule has 0 fully saturated rings. The number of hydrogen-bond acceptors (Lipinski definition) is 1. The van der Waals surface area contributed by atoms with E-state index in [-0.39, 0.29) is 0 Å². The number of aryl methyl sites for hydroxylation is 2. The summed E-state index contributed by atoms with van der Waals surface area (Å²) in [6.45, 7) is 6.02. The highest BCUT2D eigenvalue weighted by Crippen LogP contribution is 1.88. The number of hydrogen-bond donors (Lipinski definition) is 0. The Labute approximate surface area is 56.5 Å². The molecular formula is C7H14N2. The third-order valence-electron chi connectivity index (χ3n) is 1.06. The van der Waals surface area contributed by atoms with Gasteiger partial charge in [0.15, 0.2) is 0 Å². The maximum Gasteiger partial charge on any atom is 0.0945 e. The lowest BCUT2D eigenvalue weighted by atomic mass is 10.5. The van der Waals surface area contributed by atoms with Gasteiger partial charge in [-0.05, 0) is 6.92 Å². The monoisotopic (exact) mass is 126 g/mol. The third kappa shape index (κ3) is 2.31. The molecule has 0 N–H and O–H groups in total. The second-order valence-electron chi connectivity index (χ2n) is 1.65. The van der Waals surface area contributed by atoms with Crippen LogP contribution < -0.4 is 0 Å². The first-order valence-corrected chi connectivity index (χ1v) is 3.23. The Hall–Kier alpha value is -0.790. The summed E-state index contributed by atoms with van der Waals surface area (Å²) in [4.78, 5) is 3.88. The van der Waals surface area contributed by atoms with Crippen molar-refractivity contribution in [1.82, 2.24) is 9.55 Å². The number of nitrogens with zero attached hydrogens (tertiary/aromatic N) is 2. The molecule has 0 aliphatic rings. The first kappa shape index (κ1) is 8.21. The molecular weight excluding hydrogens is 112 g/mol. The van der Waals surface area contributed by atoms with Crippen molar-refractivity contribution < 1.29 is 0 Å². The van der Waals surface area contributed by atoms with Crippen molar-refractivity contribution in [2.24, 2.45) is 7.05 Å². The Kier molecular flexibility index (Phi) is 3.76. The SMILES string of the molecule is CC.Cc1cncn1C. The highest BCUT2D eigenvalue weighted by molar-refractivity contribution is 4.91. The average molecular weight is 126 g/mol. The average Bonchev–Trinajstić information content (AvgIpc) is 2.23. The Balaban J connectivity index is 0.000000291. The van der Waals surface area contributed by atoms with Gasteiger partial charge in [-0.25, -0.2) is 4.98 Å². The molecule has 0 atom stereocenters. The summed E-state index contributed by atoms with van der Waals surface area (Å²) < 4.78 is 1.97. The molecule has 52 valence electrons. The van der Waals surface area contributed by atoms with Crippen LogP contribution in [0.5, 0.6) is 0 Å². The standard InChI is InChI=1S/C5H8N2.C2H6/c1-5-3-6-4-7(5)2;1-2/h3-4H,1-2H3;1-2H3. The molecule has 0 saturated carbocycles. The molecule has 1 rings (SSSR count). The van der Waals surface area contributed by atoms with E-state index in [0.717, 1.165) is 0 Å². The summed E-state index contributed by atoms with van der Waals surface area (Å²) in [5.41, 5.74) is 1.19. The molecule has 0 radical (unpaired) electrons. The van der Waals surface area contributed by atoms with Gasteiger partial charge in [0, 0.05) is 18.9 Å². The summed E-state index contributed by atoms with van der Waals surface area (Å²) in [6, 6.07) is 0. The van der Waals surface area contributed by atoms with Crippen LogP contribution in [0.25, 0.3) is 0 Å². The van der Waals surface area contributed by atoms with Crippen LogP contribution in [-0.4, -0.2) is 9.55 Å². The number of aromatic nitrogens is 2. The van der Waals surface area contributed by atoms with Gasteiger partial charge in [0.25, 0.3) is 0 Å². The highest BCUT2D eigenvalue weighted by atomic mass is 15.0. The lowest BCUT2D eigenvalue weighted by molar-refractivity contribution is 0.873. The van der Waals surface area contributed by atoms with Crippen molar-refractivity contribution in [3.05, 3.63) is 18.2 Å². The molecule has 0 spiro atoms. The van der Waals surface area contributed by atoms with Crippen molar-refractivity contribution >= 4 is 0 Å². The van der Waals surface area contributed by atoms with E-state index < -0.39 is 0 Å². The van der Waals surface area contributed by atoms with Gasteiger partial charge in [-0.15, -0.1) is 0 Å². The third-order valence-corrected chi connectivity index (χ3v) is 1.06. The fraction of sp³-hybridized carbons (Fsp3) is 0.571. The van der Waals surface area contributed by atoms with E-state index in [2.05, 4.69) is 4.98 Å². The largest absolute Gasteiger partial charge is 0.338 e. The molecule has 2 nitrogen and oxygen atoms in total. The minimum absolute atomic E-state index is 1.19. The van der Waals surface area contributed by atoms with E-state index in [0.29, 0.717) is 0 Å². The van der Waals surface area contributed by atoms with Crippen molar-refractivity contribution in [2.75, 3.05) is 0 Å². The van der Waals surface area contributed by atoms with Crippen LogP contribution in [-0.2, 0) is 7.05 Å². The zero-order valence-corrected chi connectivity index (χ0v) is 6.55. The van der Waals surface area contributed by atoms with Gasteiger partial charge in [-0.2, -0.15) is 0 Å². The van der Waals surface area contributed by atoms with Crippen LogP contribution in [0.1, 0.15) is 19.5 Å². The van der Waals surface area contributed by atoms with Crippen LogP contribution in [0.15, 0.2) is 12.5 Å². The lowest BCUT2D eigenvalue weighted by Crippen LogP contribution is -1.84. The van der Waals surface area contributed by atoms with Crippen LogP contribution in [0, 0.1) is 6.92 Å². The Morgan fingerprint density at radius 3 is 2.11 bits per heavy atom. The van der Waals surface area contributed by atoms with Crippen molar-refractivity contribution in [1.29, 1.82) is 0 Å². The quantitative estimate of drug-likeness (QED) is 0.518. The molecule has 0 bridgehead atoms. The normalized spacial score (nSPS) is 8.00. The predicted molar refractivity (Wildman–Crippen MR) is 39.3 cm³/mol. The molecule has 9 heavy (non-hydrogen) atoms. The highest BCUT2D eigenvalue weighted by Gasteiger charge is 1.83. The Morgan fingerprint density at radius 1 is 1.44 bits per heavy atom. The summed E-state index contributed by atoms with van der Waals surface area (Å²) in [7, 11) is 1.97. The molecule has 1 aromatic rings. The molecule has 0 unspecified atom stereocenters. The first-order valence-electron chi connectivity index (χ1n) is 3.23. The zero-order chi connectivity index (χ0) is 7.28. The van der Waals surface area contributed by atoms with Gasteiger partial charge < -0.3 is 4.57 Å². The zero-order valence-electron chi connectivity index (χ0n) is 6.55. The van der Waals surface area contributed by atoms with Gasteiger partial charge in [-0.1, -0.05) is 13.8 Å². The molecule has 0 aliphatic carbocycles. The van der Waals surface area contributed by atoms with Crippen molar-refractivity contribution in [3.8, 4) is 0 Å². The minimum Gasteiger partial charge on any atom is -0.338 e. The summed E-state index contributed by atoms with van der Waals surface area (Å²) in [6.07, 6.45) is 3.62. The van der Waals surface area contributed by atoms with Gasteiger partial charge in [0.1, 0.15) is 0 Å².